The summed E-state index contributed by atoms with van der Waals surface area (Å²) in [6, 6.07) is 12.9. The third-order valence-electron chi connectivity index (χ3n) is 2.84. The first-order valence-electron chi connectivity index (χ1n) is 6.60. The van der Waals surface area contributed by atoms with E-state index in [1.54, 1.807) is 18.2 Å². The zero-order valence-electron chi connectivity index (χ0n) is 11.6. The van der Waals surface area contributed by atoms with Gasteiger partial charge < -0.3 is 15.2 Å². The molecule has 21 heavy (non-hydrogen) atoms. The van der Waals surface area contributed by atoms with Gasteiger partial charge in [0.2, 0.25) is 0 Å². The van der Waals surface area contributed by atoms with Gasteiger partial charge in [-0.3, -0.25) is 0 Å². The van der Waals surface area contributed by atoms with Gasteiger partial charge in [0.05, 0.1) is 0 Å². The maximum absolute atomic E-state index is 9.93. The van der Waals surface area contributed by atoms with E-state index in [1.165, 1.54) is 0 Å². The third kappa shape index (κ3) is 5.46. The molecular formula is C16H17Cl2NO2. The molecule has 0 spiro atoms. The number of nitrogens with one attached hydrogen (secondary N) is 1. The highest BCUT2D eigenvalue weighted by Gasteiger charge is 2.06. The van der Waals surface area contributed by atoms with Gasteiger partial charge in [-0.15, -0.1) is 0 Å². The van der Waals surface area contributed by atoms with E-state index in [9.17, 15) is 5.11 Å². The molecule has 0 fully saturated rings. The van der Waals surface area contributed by atoms with Crippen LogP contribution in [0.1, 0.15) is 5.56 Å². The van der Waals surface area contributed by atoms with Crippen LogP contribution in [0.5, 0.6) is 5.75 Å². The van der Waals surface area contributed by atoms with E-state index in [0.717, 1.165) is 17.0 Å². The van der Waals surface area contributed by atoms with Crippen LogP contribution in [0.2, 0.25) is 10.0 Å². The van der Waals surface area contributed by atoms with Crippen molar-refractivity contribution in [2.24, 2.45) is 0 Å². The Bertz CT molecular complexity index is 584. The van der Waals surface area contributed by atoms with E-state index < -0.39 is 6.10 Å². The van der Waals surface area contributed by atoms with Crippen molar-refractivity contribution in [1.29, 1.82) is 0 Å². The van der Waals surface area contributed by atoms with Crippen LogP contribution in [-0.2, 0) is 0 Å². The quantitative estimate of drug-likeness (QED) is 0.838. The van der Waals surface area contributed by atoms with E-state index in [0.29, 0.717) is 16.6 Å². The van der Waals surface area contributed by atoms with Gasteiger partial charge in [0, 0.05) is 22.3 Å². The standard InChI is InChI=1S/C16H17Cl2NO2/c1-11-3-2-4-16(5-11)21-10-15(20)9-19-14-7-12(17)6-13(18)8-14/h2-8,15,19-20H,9-10H2,1H3. The SMILES string of the molecule is Cc1cccc(OCC(O)CNc2cc(Cl)cc(Cl)c2)c1. The first-order chi connectivity index (χ1) is 10.0. The number of hydrogen-bond donors (Lipinski definition) is 2. The fourth-order valence-electron chi connectivity index (χ4n) is 1.85. The molecule has 0 aliphatic carbocycles. The minimum Gasteiger partial charge on any atom is -0.491 e. The van der Waals surface area contributed by atoms with E-state index >= 15 is 0 Å². The van der Waals surface area contributed by atoms with Gasteiger partial charge in [-0.2, -0.15) is 0 Å². The Kier molecular flexibility index (Phi) is 5.74. The maximum atomic E-state index is 9.93. The number of benzene rings is 2. The molecular weight excluding hydrogens is 309 g/mol. The first-order valence-corrected chi connectivity index (χ1v) is 7.36. The molecule has 0 saturated heterocycles. The van der Waals surface area contributed by atoms with E-state index in [-0.39, 0.29) is 6.61 Å². The number of rotatable bonds is 6. The van der Waals surface area contributed by atoms with Gasteiger partial charge in [-0.25, -0.2) is 0 Å². The number of aryl methyl sites for hydroxylation is 1. The van der Waals surface area contributed by atoms with Gasteiger partial charge in [0.25, 0.3) is 0 Å². The van der Waals surface area contributed by atoms with Crippen LogP contribution in [0.15, 0.2) is 42.5 Å². The summed E-state index contributed by atoms with van der Waals surface area (Å²) >= 11 is 11.8. The van der Waals surface area contributed by atoms with Crippen LogP contribution >= 0.6 is 23.2 Å². The molecule has 0 aromatic heterocycles. The van der Waals surface area contributed by atoms with Crippen molar-refractivity contribution in [3.05, 3.63) is 58.1 Å². The van der Waals surface area contributed by atoms with Crippen LogP contribution in [0.3, 0.4) is 0 Å². The van der Waals surface area contributed by atoms with Gasteiger partial charge in [-0.05, 0) is 42.8 Å². The molecule has 2 rings (SSSR count). The molecule has 2 aromatic carbocycles. The molecule has 2 N–H and O–H groups in total. The highest BCUT2D eigenvalue weighted by atomic mass is 35.5. The summed E-state index contributed by atoms with van der Waals surface area (Å²) in [5.41, 5.74) is 1.88. The molecule has 0 aliphatic rings. The van der Waals surface area contributed by atoms with E-state index in [2.05, 4.69) is 5.32 Å². The summed E-state index contributed by atoms with van der Waals surface area (Å²) in [5, 5.41) is 14.1. The van der Waals surface area contributed by atoms with Gasteiger partial charge in [-0.1, -0.05) is 35.3 Å². The summed E-state index contributed by atoms with van der Waals surface area (Å²) in [7, 11) is 0. The normalized spacial score (nSPS) is 12.0. The van der Waals surface area contributed by atoms with E-state index in [1.807, 2.05) is 31.2 Å². The second-order valence-electron chi connectivity index (χ2n) is 4.82. The molecule has 0 saturated carbocycles. The topological polar surface area (TPSA) is 41.5 Å². The van der Waals surface area contributed by atoms with Crippen LogP contribution in [0.4, 0.5) is 5.69 Å². The lowest BCUT2D eigenvalue weighted by Gasteiger charge is -2.14. The van der Waals surface area contributed by atoms with Gasteiger partial charge in [0.1, 0.15) is 18.5 Å². The lowest BCUT2D eigenvalue weighted by atomic mass is 10.2. The minimum absolute atomic E-state index is 0.213. The Hall–Kier alpha value is -1.42. The predicted octanol–water partition coefficient (Wildman–Crippen LogP) is 4.15. The smallest absolute Gasteiger partial charge is 0.119 e. The van der Waals surface area contributed by atoms with Crippen LogP contribution < -0.4 is 10.1 Å². The highest BCUT2D eigenvalue weighted by Crippen LogP contribution is 2.22. The fourth-order valence-corrected chi connectivity index (χ4v) is 2.37. The van der Waals surface area contributed by atoms with Gasteiger partial charge in [0.15, 0.2) is 0 Å². The Balaban J connectivity index is 1.80. The first kappa shape index (κ1) is 16.0. The summed E-state index contributed by atoms with van der Waals surface area (Å²) in [4.78, 5) is 0. The molecule has 1 unspecified atom stereocenters. The molecule has 0 bridgehead atoms. The second kappa shape index (κ2) is 7.55. The molecule has 0 aliphatic heterocycles. The number of aliphatic hydroxyl groups excluding tert-OH is 1. The van der Waals surface area contributed by atoms with Crippen molar-refractivity contribution in [1.82, 2.24) is 0 Å². The largest absolute Gasteiger partial charge is 0.491 e. The average molecular weight is 326 g/mol. The van der Waals surface area contributed by atoms with Crippen LogP contribution in [0, 0.1) is 6.92 Å². The Morgan fingerprint density at radius 2 is 1.86 bits per heavy atom. The van der Waals surface area contributed by atoms with Crippen LogP contribution in [-0.4, -0.2) is 24.4 Å². The molecule has 0 amide bonds. The summed E-state index contributed by atoms with van der Waals surface area (Å²) in [6.45, 7) is 2.56. The van der Waals surface area contributed by atoms with Crippen molar-refractivity contribution in [2.75, 3.05) is 18.5 Å². The molecule has 0 radical (unpaired) electrons. The third-order valence-corrected chi connectivity index (χ3v) is 3.27. The Morgan fingerprint density at radius 1 is 1.14 bits per heavy atom. The Morgan fingerprint density at radius 3 is 2.52 bits per heavy atom. The molecule has 2 aromatic rings. The summed E-state index contributed by atoms with van der Waals surface area (Å²) in [5.74, 6) is 0.750. The summed E-state index contributed by atoms with van der Waals surface area (Å²) in [6.07, 6.45) is -0.636. The number of hydrogen-bond acceptors (Lipinski definition) is 3. The molecule has 1 atom stereocenters. The number of halogens is 2. The lowest BCUT2D eigenvalue weighted by molar-refractivity contribution is 0.117. The maximum Gasteiger partial charge on any atom is 0.119 e. The fraction of sp³-hybridized carbons (Fsp3) is 0.250. The van der Waals surface area contributed by atoms with Crippen molar-refractivity contribution in [2.45, 2.75) is 13.0 Å². The highest BCUT2D eigenvalue weighted by molar-refractivity contribution is 6.35. The average Bonchev–Trinajstić information content (AvgIpc) is 2.42. The van der Waals surface area contributed by atoms with Gasteiger partial charge >= 0.3 is 0 Å². The van der Waals surface area contributed by atoms with Crippen molar-refractivity contribution >= 4 is 28.9 Å². The monoisotopic (exact) mass is 325 g/mol. The number of aliphatic hydroxyl groups is 1. The zero-order chi connectivity index (χ0) is 15.2. The second-order valence-corrected chi connectivity index (χ2v) is 5.69. The molecule has 112 valence electrons. The van der Waals surface area contributed by atoms with Crippen molar-refractivity contribution in [3.63, 3.8) is 0 Å². The molecule has 0 heterocycles. The van der Waals surface area contributed by atoms with E-state index in [4.69, 9.17) is 27.9 Å². The lowest BCUT2D eigenvalue weighted by Crippen LogP contribution is -2.26. The number of anilines is 1. The molecule has 3 nitrogen and oxygen atoms in total. The number of ether oxygens (including phenoxy) is 1. The Labute approximate surface area is 134 Å². The predicted molar refractivity (Wildman–Crippen MR) is 87.6 cm³/mol. The van der Waals surface area contributed by atoms with Crippen molar-refractivity contribution in [3.8, 4) is 5.75 Å². The summed E-state index contributed by atoms with van der Waals surface area (Å²) < 4.78 is 5.54. The molecule has 5 heteroatoms. The van der Waals surface area contributed by atoms with Crippen molar-refractivity contribution < 1.29 is 9.84 Å². The van der Waals surface area contributed by atoms with Crippen LogP contribution in [0.25, 0.3) is 0 Å². The minimum atomic E-state index is -0.636. The zero-order valence-corrected chi connectivity index (χ0v) is 13.2.